The van der Waals surface area contributed by atoms with E-state index in [1.54, 1.807) is 0 Å². The normalized spacial score (nSPS) is 18.4. The second-order valence-electron chi connectivity index (χ2n) is 5.93. The molecule has 0 heterocycles. The number of carbonyl (C=O) groups excluding carboxylic acids is 1. The quantitative estimate of drug-likeness (QED) is 0.770. The van der Waals surface area contributed by atoms with Gasteiger partial charge in [0.2, 0.25) is 5.91 Å². The van der Waals surface area contributed by atoms with Gasteiger partial charge in [0.1, 0.15) is 0 Å². The van der Waals surface area contributed by atoms with Gasteiger partial charge in [0, 0.05) is 5.54 Å². The van der Waals surface area contributed by atoms with Crippen LogP contribution in [0.3, 0.4) is 0 Å². The van der Waals surface area contributed by atoms with Crippen LogP contribution in [0.2, 0.25) is 0 Å². The van der Waals surface area contributed by atoms with Crippen molar-refractivity contribution in [3.05, 3.63) is 0 Å². The van der Waals surface area contributed by atoms with E-state index >= 15 is 0 Å². The van der Waals surface area contributed by atoms with Crippen LogP contribution in [-0.2, 0) is 4.79 Å². The minimum atomic E-state index is -0.121. The molecule has 0 bridgehead atoms. The van der Waals surface area contributed by atoms with Crippen molar-refractivity contribution >= 4 is 5.91 Å². The summed E-state index contributed by atoms with van der Waals surface area (Å²) in [4.78, 5) is 11.5. The molecule has 0 aromatic carbocycles. The molecule has 0 saturated heterocycles. The van der Waals surface area contributed by atoms with Crippen LogP contribution in [0.1, 0.15) is 52.9 Å². The number of amides is 1. The Kier molecular flexibility index (Phi) is 5.26. The zero-order valence-corrected chi connectivity index (χ0v) is 10.9. The Hall–Kier alpha value is -0.570. The zero-order valence-electron chi connectivity index (χ0n) is 10.9. The molecule has 0 radical (unpaired) electrons. The van der Waals surface area contributed by atoms with Crippen molar-refractivity contribution in [3.8, 4) is 0 Å². The van der Waals surface area contributed by atoms with Crippen molar-refractivity contribution < 1.29 is 4.79 Å². The molecule has 1 saturated carbocycles. The first-order valence-electron chi connectivity index (χ1n) is 6.49. The van der Waals surface area contributed by atoms with Gasteiger partial charge in [-0.1, -0.05) is 19.3 Å². The average Bonchev–Trinajstić information content (AvgIpc) is 2.16. The molecule has 16 heavy (non-hydrogen) atoms. The number of hydrogen-bond donors (Lipinski definition) is 2. The maximum atomic E-state index is 11.5. The third-order valence-corrected chi connectivity index (χ3v) is 2.96. The smallest absolute Gasteiger partial charge is 0.234 e. The Labute approximate surface area is 99.4 Å². The van der Waals surface area contributed by atoms with Crippen LogP contribution >= 0.6 is 0 Å². The summed E-state index contributed by atoms with van der Waals surface area (Å²) < 4.78 is 0. The van der Waals surface area contributed by atoms with E-state index in [4.69, 9.17) is 0 Å². The van der Waals surface area contributed by atoms with Crippen LogP contribution in [0.4, 0.5) is 0 Å². The lowest BCUT2D eigenvalue weighted by atomic mass is 9.89. The molecule has 0 unspecified atom stereocenters. The Bertz CT molecular complexity index is 214. The summed E-state index contributed by atoms with van der Waals surface area (Å²) in [6.07, 6.45) is 6.77. The van der Waals surface area contributed by atoms with E-state index in [0.29, 0.717) is 6.54 Å². The molecule has 1 fully saturated rings. The third kappa shape index (κ3) is 6.11. The van der Waals surface area contributed by atoms with Gasteiger partial charge in [0.25, 0.3) is 0 Å². The van der Waals surface area contributed by atoms with Gasteiger partial charge < -0.3 is 10.6 Å². The van der Waals surface area contributed by atoms with E-state index in [1.807, 2.05) is 20.8 Å². The summed E-state index contributed by atoms with van der Waals surface area (Å²) in [7, 11) is 0. The SMILES string of the molecule is CC(C)(C)NC(=O)CNCC1CCCCC1. The molecule has 1 rings (SSSR count). The highest BCUT2D eigenvalue weighted by molar-refractivity contribution is 5.78. The molecule has 0 spiro atoms. The van der Waals surface area contributed by atoms with Crippen LogP contribution < -0.4 is 10.6 Å². The summed E-state index contributed by atoms with van der Waals surface area (Å²) in [5.74, 6) is 0.888. The van der Waals surface area contributed by atoms with E-state index in [0.717, 1.165) is 12.5 Å². The Morgan fingerprint density at radius 3 is 2.38 bits per heavy atom. The fourth-order valence-corrected chi connectivity index (χ4v) is 2.24. The highest BCUT2D eigenvalue weighted by Crippen LogP contribution is 2.22. The maximum absolute atomic E-state index is 11.5. The van der Waals surface area contributed by atoms with Crippen LogP contribution in [0.25, 0.3) is 0 Å². The first kappa shape index (κ1) is 13.5. The lowest BCUT2D eigenvalue weighted by molar-refractivity contribution is -0.121. The molecule has 1 aliphatic carbocycles. The molecule has 2 N–H and O–H groups in total. The van der Waals surface area contributed by atoms with Crippen LogP contribution in [0.5, 0.6) is 0 Å². The van der Waals surface area contributed by atoms with E-state index in [9.17, 15) is 4.79 Å². The van der Waals surface area contributed by atoms with Crippen LogP contribution in [0.15, 0.2) is 0 Å². The van der Waals surface area contributed by atoms with Crippen LogP contribution in [0, 0.1) is 5.92 Å². The predicted molar refractivity (Wildman–Crippen MR) is 67.3 cm³/mol. The summed E-state index contributed by atoms with van der Waals surface area (Å²) in [5.41, 5.74) is -0.121. The lowest BCUT2D eigenvalue weighted by Gasteiger charge is -2.23. The highest BCUT2D eigenvalue weighted by atomic mass is 16.2. The monoisotopic (exact) mass is 226 g/mol. The molecule has 0 atom stereocenters. The molecular weight excluding hydrogens is 200 g/mol. The van der Waals surface area contributed by atoms with Gasteiger partial charge in [0.15, 0.2) is 0 Å². The number of rotatable bonds is 4. The van der Waals surface area contributed by atoms with E-state index < -0.39 is 0 Å². The first-order valence-corrected chi connectivity index (χ1v) is 6.49. The molecular formula is C13H26N2O. The van der Waals surface area contributed by atoms with E-state index in [1.165, 1.54) is 32.1 Å². The molecule has 1 aliphatic rings. The van der Waals surface area contributed by atoms with Crippen molar-refractivity contribution in [1.82, 2.24) is 10.6 Å². The topological polar surface area (TPSA) is 41.1 Å². The lowest BCUT2D eigenvalue weighted by Crippen LogP contribution is -2.45. The average molecular weight is 226 g/mol. The Balaban J connectivity index is 2.08. The minimum absolute atomic E-state index is 0.100. The fourth-order valence-electron chi connectivity index (χ4n) is 2.24. The molecule has 3 heteroatoms. The zero-order chi connectivity index (χ0) is 12.0. The van der Waals surface area contributed by atoms with Gasteiger partial charge >= 0.3 is 0 Å². The van der Waals surface area contributed by atoms with Gasteiger partial charge in [-0.15, -0.1) is 0 Å². The molecule has 0 aromatic rings. The first-order chi connectivity index (χ1) is 7.47. The second kappa shape index (κ2) is 6.24. The Morgan fingerprint density at radius 1 is 1.19 bits per heavy atom. The molecule has 94 valence electrons. The van der Waals surface area contributed by atoms with Crippen molar-refractivity contribution in [2.24, 2.45) is 5.92 Å². The summed E-state index contributed by atoms with van der Waals surface area (Å²) in [6.45, 7) is 7.47. The fraction of sp³-hybridized carbons (Fsp3) is 0.923. The van der Waals surface area contributed by atoms with Crippen molar-refractivity contribution in [3.63, 3.8) is 0 Å². The number of nitrogens with one attached hydrogen (secondary N) is 2. The summed E-state index contributed by atoms with van der Waals surface area (Å²) in [5, 5.41) is 6.22. The van der Waals surface area contributed by atoms with Gasteiger partial charge in [-0.05, 0) is 46.1 Å². The molecule has 3 nitrogen and oxygen atoms in total. The van der Waals surface area contributed by atoms with Crippen molar-refractivity contribution in [1.29, 1.82) is 0 Å². The predicted octanol–water partition coefficient (Wildman–Crippen LogP) is 2.07. The maximum Gasteiger partial charge on any atom is 0.234 e. The second-order valence-corrected chi connectivity index (χ2v) is 5.93. The van der Waals surface area contributed by atoms with Gasteiger partial charge in [-0.3, -0.25) is 4.79 Å². The molecule has 1 amide bonds. The summed E-state index contributed by atoms with van der Waals surface area (Å²) >= 11 is 0. The van der Waals surface area contributed by atoms with Crippen molar-refractivity contribution in [2.45, 2.75) is 58.4 Å². The molecule has 0 aliphatic heterocycles. The van der Waals surface area contributed by atoms with Gasteiger partial charge in [0.05, 0.1) is 6.54 Å². The standard InChI is InChI=1S/C13H26N2O/c1-13(2,3)15-12(16)10-14-9-11-7-5-4-6-8-11/h11,14H,4-10H2,1-3H3,(H,15,16). The van der Waals surface area contributed by atoms with E-state index in [2.05, 4.69) is 10.6 Å². The Morgan fingerprint density at radius 2 is 1.81 bits per heavy atom. The highest BCUT2D eigenvalue weighted by Gasteiger charge is 2.15. The number of carbonyl (C=O) groups is 1. The van der Waals surface area contributed by atoms with E-state index in [-0.39, 0.29) is 11.4 Å². The minimum Gasteiger partial charge on any atom is -0.350 e. The third-order valence-electron chi connectivity index (χ3n) is 2.96. The van der Waals surface area contributed by atoms with Gasteiger partial charge in [-0.25, -0.2) is 0 Å². The summed E-state index contributed by atoms with van der Waals surface area (Å²) in [6, 6.07) is 0. The van der Waals surface area contributed by atoms with Gasteiger partial charge in [-0.2, -0.15) is 0 Å². The number of hydrogen-bond acceptors (Lipinski definition) is 2. The van der Waals surface area contributed by atoms with Crippen LogP contribution in [-0.4, -0.2) is 24.5 Å². The van der Waals surface area contributed by atoms with Crippen molar-refractivity contribution in [2.75, 3.05) is 13.1 Å². The largest absolute Gasteiger partial charge is 0.350 e. The molecule has 0 aromatic heterocycles.